The maximum atomic E-state index is 12.1. The van der Waals surface area contributed by atoms with Crippen molar-refractivity contribution in [3.8, 4) is 11.5 Å². The van der Waals surface area contributed by atoms with Crippen LogP contribution in [0.15, 0.2) is 12.1 Å². The van der Waals surface area contributed by atoms with Gasteiger partial charge in [0.1, 0.15) is 0 Å². The molecule has 0 saturated heterocycles. The van der Waals surface area contributed by atoms with E-state index in [1.807, 2.05) is 6.92 Å². The molecule has 1 rings (SSSR count). The molecule has 0 bridgehead atoms. The Morgan fingerprint density at radius 2 is 1.85 bits per heavy atom. The van der Waals surface area contributed by atoms with Crippen molar-refractivity contribution in [1.29, 1.82) is 0 Å². The number of ether oxygens (including phenoxy) is 3. The van der Waals surface area contributed by atoms with E-state index < -0.39 is 0 Å². The van der Waals surface area contributed by atoms with Crippen molar-refractivity contribution >= 4 is 11.6 Å². The molecule has 1 unspecified atom stereocenters. The zero-order valence-corrected chi connectivity index (χ0v) is 12.4. The Balaban J connectivity index is 2.82. The van der Waals surface area contributed by atoms with Gasteiger partial charge in [-0.3, -0.25) is 4.79 Å². The zero-order valence-electron chi connectivity index (χ0n) is 12.4. The van der Waals surface area contributed by atoms with Crippen molar-refractivity contribution in [3.63, 3.8) is 0 Å². The molecule has 0 heterocycles. The first-order chi connectivity index (χ1) is 9.53. The van der Waals surface area contributed by atoms with Crippen LogP contribution < -0.4 is 20.5 Å². The van der Waals surface area contributed by atoms with Gasteiger partial charge in [0.2, 0.25) is 0 Å². The van der Waals surface area contributed by atoms with Gasteiger partial charge in [-0.1, -0.05) is 6.92 Å². The number of nitrogens with one attached hydrogen (secondary N) is 1. The Kier molecular flexibility index (Phi) is 6.11. The summed E-state index contributed by atoms with van der Waals surface area (Å²) in [4.78, 5) is 12.1. The second kappa shape index (κ2) is 7.59. The van der Waals surface area contributed by atoms with Crippen LogP contribution in [0.1, 0.15) is 17.3 Å². The SMILES string of the molecule is COCC(C)CNC(=O)c1cc(OC)c(OC)cc1N. The summed E-state index contributed by atoms with van der Waals surface area (Å²) < 4.78 is 15.3. The van der Waals surface area contributed by atoms with E-state index in [9.17, 15) is 4.79 Å². The highest BCUT2D eigenvalue weighted by Gasteiger charge is 2.15. The molecule has 0 aromatic heterocycles. The minimum Gasteiger partial charge on any atom is -0.493 e. The van der Waals surface area contributed by atoms with Crippen molar-refractivity contribution in [1.82, 2.24) is 5.32 Å². The standard InChI is InChI=1S/C14H22N2O4/c1-9(8-18-2)7-16-14(17)10-5-12(19-3)13(20-4)6-11(10)15/h5-6,9H,7-8,15H2,1-4H3,(H,16,17). The van der Waals surface area contributed by atoms with Crippen LogP contribution in [0.25, 0.3) is 0 Å². The number of nitrogens with two attached hydrogens (primary N) is 1. The molecule has 1 atom stereocenters. The Hall–Kier alpha value is -1.95. The Bertz CT molecular complexity index is 463. The van der Waals surface area contributed by atoms with Crippen molar-refractivity contribution in [2.45, 2.75) is 6.92 Å². The number of amides is 1. The monoisotopic (exact) mass is 282 g/mol. The number of anilines is 1. The molecule has 112 valence electrons. The second-order valence-corrected chi connectivity index (χ2v) is 4.56. The highest BCUT2D eigenvalue weighted by molar-refractivity contribution is 6.00. The van der Waals surface area contributed by atoms with Gasteiger partial charge in [0, 0.05) is 25.4 Å². The number of carbonyl (C=O) groups is 1. The van der Waals surface area contributed by atoms with Crippen molar-refractivity contribution < 1.29 is 19.0 Å². The Labute approximate surface area is 119 Å². The van der Waals surface area contributed by atoms with Crippen LogP contribution in [0.5, 0.6) is 11.5 Å². The lowest BCUT2D eigenvalue weighted by Gasteiger charge is -2.14. The van der Waals surface area contributed by atoms with Gasteiger partial charge in [-0.25, -0.2) is 0 Å². The normalized spacial score (nSPS) is 11.8. The molecular weight excluding hydrogens is 260 g/mol. The van der Waals surface area contributed by atoms with Crippen LogP contribution >= 0.6 is 0 Å². The van der Waals surface area contributed by atoms with Gasteiger partial charge in [-0.2, -0.15) is 0 Å². The van der Waals surface area contributed by atoms with Crippen LogP contribution in [-0.4, -0.2) is 40.4 Å². The van der Waals surface area contributed by atoms with Crippen LogP contribution in [0, 0.1) is 5.92 Å². The third-order valence-corrected chi connectivity index (χ3v) is 2.86. The molecule has 1 aromatic carbocycles. The lowest BCUT2D eigenvalue weighted by molar-refractivity contribution is 0.0934. The number of hydrogen-bond donors (Lipinski definition) is 2. The predicted octanol–water partition coefficient (Wildman–Crippen LogP) is 1.30. The summed E-state index contributed by atoms with van der Waals surface area (Å²) >= 11 is 0. The van der Waals surface area contributed by atoms with Gasteiger partial charge in [0.25, 0.3) is 5.91 Å². The van der Waals surface area contributed by atoms with Gasteiger partial charge in [0.15, 0.2) is 11.5 Å². The summed E-state index contributed by atoms with van der Waals surface area (Å²) in [7, 11) is 4.66. The van der Waals surface area contributed by atoms with Crippen molar-refractivity contribution in [2.24, 2.45) is 5.92 Å². The summed E-state index contributed by atoms with van der Waals surface area (Å²) in [5.74, 6) is 0.947. The van der Waals surface area contributed by atoms with E-state index in [1.165, 1.54) is 14.2 Å². The number of carbonyl (C=O) groups excluding carboxylic acids is 1. The van der Waals surface area contributed by atoms with Gasteiger partial charge >= 0.3 is 0 Å². The van der Waals surface area contributed by atoms with Crippen LogP contribution in [0.4, 0.5) is 5.69 Å². The average Bonchev–Trinajstić information content (AvgIpc) is 2.44. The molecule has 0 radical (unpaired) electrons. The molecule has 0 fully saturated rings. The van der Waals surface area contributed by atoms with E-state index in [4.69, 9.17) is 19.9 Å². The van der Waals surface area contributed by atoms with E-state index >= 15 is 0 Å². The van der Waals surface area contributed by atoms with Gasteiger partial charge in [-0.15, -0.1) is 0 Å². The molecule has 0 saturated carbocycles. The zero-order chi connectivity index (χ0) is 15.1. The predicted molar refractivity (Wildman–Crippen MR) is 77.3 cm³/mol. The fourth-order valence-electron chi connectivity index (χ4n) is 1.80. The van der Waals surface area contributed by atoms with Crippen LogP contribution in [0.2, 0.25) is 0 Å². The third kappa shape index (κ3) is 4.03. The maximum absolute atomic E-state index is 12.1. The largest absolute Gasteiger partial charge is 0.493 e. The minimum absolute atomic E-state index is 0.227. The smallest absolute Gasteiger partial charge is 0.253 e. The fourth-order valence-corrected chi connectivity index (χ4v) is 1.80. The van der Waals surface area contributed by atoms with Crippen LogP contribution in [0.3, 0.4) is 0 Å². The molecule has 0 aliphatic rings. The summed E-state index contributed by atoms with van der Waals surface area (Å²) in [5.41, 5.74) is 6.58. The van der Waals surface area contributed by atoms with E-state index in [2.05, 4.69) is 5.32 Å². The first kappa shape index (κ1) is 16.1. The van der Waals surface area contributed by atoms with E-state index in [-0.39, 0.29) is 11.8 Å². The van der Waals surface area contributed by atoms with E-state index in [0.29, 0.717) is 35.9 Å². The molecule has 0 aliphatic carbocycles. The fraction of sp³-hybridized carbons (Fsp3) is 0.500. The number of benzene rings is 1. The number of hydrogen-bond acceptors (Lipinski definition) is 5. The molecule has 6 heteroatoms. The molecule has 20 heavy (non-hydrogen) atoms. The molecule has 0 spiro atoms. The van der Waals surface area contributed by atoms with Gasteiger partial charge in [0.05, 0.1) is 26.4 Å². The Morgan fingerprint density at radius 3 is 2.40 bits per heavy atom. The highest BCUT2D eigenvalue weighted by Crippen LogP contribution is 2.31. The summed E-state index contributed by atoms with van der Waals surface area (Å²) in [6.45, 7) is 3.09. The minimum atomic E-state index is -0.244. The van der Waals surface area contributed by atoms with Crippen LogP contribution in [-0.2, 0) is 4.74 Å². The first-order valence-electron chi connectivity index (χ1n) is 6.32. The Morgan fingerprint density at radius 1 is 1.25 bits per heavy atom. The topological polar surface area (TPSA) is 82.8 Å². The maximum Gasteiger partial charge on any atom is 0.253 e. The second-order valence-electron chi connectivity index (χ2n) is 4.56. The molecule has 6 nitrogen and oxygen atoms in total. The van der Waals surface area contributed by atoms with E-state index in [0.717, 1.165) is 0 Å². The summed E-state index contributed by atoms with van der Waals surface area (Å²) in [6.07, 6.45) is 0. The molecule has 0 aliphatic heterocycles. The average molecular weight is 282 g/mol. The van der Waals surface area contributed by atoms with Gasteiger partial charge in [-0.05, 0) is 12.0 Å². The first-order valence-corrected chi connectivity index (χ1v) is 6.32. The third-order valence-electron chi connectivity index (χ3n) is 2.86. The molecule has 1 amide bonds. The molecule has 3 N–H and O–H groups in total. The summed E-state index contributed by atoms with van der Waals surface area (Å²) in [5, 5.41) is 2.82. The highest BCUT2D eigenvalue weighted by atomic mass is 16.5. The summed E-state index contributed by atoms with van der Waals surface area (Å²) in [6, 6.07) is 3.15. The quantitative estimate of drug-likeness (QED) is 0.737. The number of rotatable bonds is 7. The van der Waals surface area contributed by atoms with Crippen molar-refractivity contribution in [3.05, 3.63) is 17.7 Å². The van der Waals surface area contributed by atoms with Gasteiger partial charge < -0.3 is 25.3 Å². The van der Waals surface area contributed by atoms with Crippen molar-refractivity contribution in [2.75, 3.05) is 40.2 Å². The lowest BCUT2D eigenvalue weighted by atomic mass is 10.1. The number of methoxy groups -OCH3 is 3. The lowest BCUT2D eigenvalue weighted by Crippen LogP contribution is -2.30. The van der Waals surface area contributed by atoms with E-state index in [1.54, 1.807) is 19.2 Å². The molecule has 1 aromatic rings. The molecular formula is C14H22N2O4. The number of nitrogen functional groups attached to an aromatic ring is 1.